The number of anilines is 2. The third-order valence-electron chi connectivity index (χ3n) is 2.33. The lowest BCUT2D eigenvalue weighted by atomic mass is 10.2. The largest absolute Gasteiger partial charge is 0.315 e. The van der Waals surface area contributed by atoms with Crippen molar-refractivity contribution in [3.05, 3.63) is 40.7 Å². The first-order valence-corrected chi connectivity index (χ1v) is 6.44. The number of benzene rings is 1. The first-order chi connectivity index (χ1) is 9.88. The molecular formula is C12H8F3N3O2S. The predicted octanol–water partition coefficient (Wildman–Crippen LogP) is 2.45. The van der Waals surface area contributed by atoms with Crippen LogP contribution in [0.4, 0.5) is 24.0 Å². The second-order valence-corrected chi connectivity index (χ2v) is 4.78. The average molecular weight is 315 g/mol. The zero-order chi connectivity index (χ0) is 15.6. The van der Waals surface area contributed by atoms with E-state index in [1.807, 2.05) is 5.32 Å². The van der Waals surface area contributed by atoms with Gasteiger partial charge < -0.3 is 5.32 Å². The maximum Gasteiger partial charge on any atom is 0.315 e. The number of hydrogen-bond donors (Lipinski definition) is 2. The molecule has 1 heterocycles. The van der Waals surface area contributed by atoms with Crippen molar-refractivity contribution in [2.24, 2.45) is 0 Å². The standard InChI is InChI=1S/C12H8F3N3O2S/c1-5-4-21-12(16-5)18-11(20)10(19)17-7-3-2-6(13)8(14)9(7)15/h2-4H,1H3,(H,17,19)(H,16,18,20). The normalized spacial score (nSPS) is 10.3. The van der Waals surface area contributed by atoms with E-state index in [1.165, 1.54) is 0 Å². The molecule has 2 rings (SSSR count). The van der Waals surface area contributed by atoms with Gasteiger partial charge in [0, 0.05) is 5.38 Å². The lowest BCUT2D eigenvalue weighted by Crippen LogP contribution is -2.29. The average Bonchev–Trinajstić information content (AvgIpc) is 2.84. The van der Waals surface area contributed by atoms with Crippen molar-refractivity contribution in [2.45, 2.75) is 6.92 Å². The lowest BCUT2D eigenvalue weighted by molar-refractivity contribution is -0.133. The number of halogens is 3. The van der Waals surface area contributed by atoms with Crippen molar-refractivity contribution in [3.63, 3.8) is 0 Å². The molecule has 0 spiro atoms. The van der Waals surface area contributed by atoms with Crippen LogP contribution in [0.2, 0.25) is 0 Å². The van der Waals surface area contributed by atoms with Crippen LogP contribution in [0, 0.1) is 24.4 Å². The summed E-state index contributed by atoms with van der Waals surface area (Å²) in [6.45, 7) is 1.70. The van der Waals surface area contributed by atoms with Gasteiger partial charge in [0.25, 0.3) is 0 Å². The number of rotatable bonds is 2. The van der Waals surface area contributed by atoms with Crippen molar-refractivity contribution in [3.8, 4) is 0 Å². The van der Waals surface area contributed by atoms with E-state index >= 15 is 0 Å². The Labute approximate surface area is 120 Å². The summed E-state index contributed by atoms with van der Waals surface area (Å²) in [5, 5.41) is 5.89. The van der Waals surface area contributed by atoms with E-state index in [4.69, 9.17) is 0 Å². The van der Waals surface area contributed by atoms with Gasteiger partial charge in [-0.05, 0) is 19.1 Å². The Hall–Kier alpha value is -2.42. The molecule has 0 aliphatic rings. The van der Waals surface area contributed by atoms with Crippen molar-refractivity contribution in [2.75, 3.05) is 10.6 Å². The monoisotopic (exact) mass is 315 g/mol. The van der Waals surface area contributed by atoms with Crippen LogP contribution in [-0.2, 0) is 9.59 Å². The SMILES string of the molecule is Cc1csc(NC(=O)C(=O)Nc2ccc(F)c(F)c2F)n1. The van der Waals surface area contributed by atoms with Crippen LogP contribution in [0.15, 0.2) is 17.5 Å². The topological polar surface area (TPSA) is 71.1 Å². The number of aryl methyl sites for hydroxylation is 1. The van der Waals surface area contributed by atoms with Gasteiger partial charge in [-0.1, -0.05) is 0 Å². The minimum Gasteiger partial charge on any atom is -0.315 e. The number of nitrogens with one attached hydrogen (secondary N) is 2. The van der Waals surface area contributed by atoms with Crippen LogP contribution in [0.3, 0.4) is 0 Å². The molecule has 21 heavy (non-hydrogen) atoms. The Morgan fingerprint density at radius 3 is 2.38 bits per heavy atom. The zero-order valence-corrected chi connectivity index (χ0v) is 11.4. The van der Waals surface area contributed by atoms with Crippen molar-refractivity contribution in [1.82, 2.24) is 4.98 Å². The molecule has 0 radical (unpaired) electrons. The number of carbonyl (C=O) groups is 2. The van der Waals surface area contributed by atoms with Gasteiger partial charge in [0.1, 0.15) is 0 Å². The Bertz CT molecular complexity index is 718. The molecule has 1 aromatic carbocycles. The summed E-state index contributed by atoms with van der Waals surface area (Å²) < 4.78 is 39.1. The number of nitrogens with zero attached hydrogens (tertiary/aromatic N) is 1. The summed E-state index contributed by atoms with van der Waals surface area (Å²) in [5.41, 5.74) is 0.0201. The molecule has 0 saturated heterocycles. The minimum absolute atomic E-state index is 0.193. The number of carbonyl (C=O) groups excluding carboxylic acids is 2. The van der Waals surface area contributed by atoms with Crippen LogP contribution in [0.5, 0.6) is 0 Å². The molecule has 1 aromatic heterocycles. The molecule has 110 valence electrons. The Kier molecular flexibility index (Phi) is 4.22. The second kappa shape index (κ2) is 5.92. The van der Waals surface area contributed by atoms with Crippen LogP contribution >= 0.6 is 11.3 Å². The molecule has 0 atom stereocenters. The molecule has 0 fully saturated rings. The van der Waals surface area contributed by atoms with Crippen LogP contribution in [0.25, 0.3) is 0 Å². The maximum absolute atomic E-state index is 13.3. The summed E-state index contributed by atoms with van der Waals surface area (Å²) in [4.78, 5) is 27.0. The third-order valence-corrected chi connectivity index (χ3v) is 3.20. The Morgan fingerprint density at radius 2 is 1.76 bits per heavy atom. The van der Waals surface area contributed by atoms with E-state index in [9.17, 15) is 22.8 Å². The zero-order valence-electron chi connectivity index (χ0n) is 10.5. The molecule has 0 aliphatic heterocycles. The Balaban J connectivity index is 2.07. The highest BCUT2D eigenvalue weighted by molar-refractivity contribution is 7.14. The van der Waals surface area contributed by atoms with Gasteiger partial charge in [-0.25, -0.2) is 18.2 Å². The molecular weight excluding hydrogens is 307 g/mol. The molecule has 2 aromatic rings. The fourth-order valence-electron chi connectivity index (χ4n) is 1.37. The van der Waals surface area contributed by atoms with E-state index in [0.717, 1.165) is 17.4 Å². The number of thiazole rings is 1. The van der Waals surface area contributed by atoms with E-state index in [-0.39, 0.29) is 5.13 Å². The number of hydrogen-bond acceptors (Lipinski definition) is 4. The van der Waals surface area contributed by atoms with E-state index in [0.29, 0.717) is 11.8 Å². The molecule has 0 unspecified atom stereocenters. The van der Waals surface area contributed by atoms with Gasteiger partial charge in [-0.3, -0.25) is 14.9 Å². The van der Waals surface area contributed by atoms with E-state index < -0.39 is 35.0 Å². The van der Waals surface area contributed by atoms with Gasteiger partial charge in [-0.2, -0.15) is 0 Å². The summed E-state index contributed by atoms with van der Waals surface area (Å²) >= 11 is 1.10. The van der Waals surface area contributed by atoms with E-state index in [2.05, 4.69) is 10.3 Å². The predicted molar refractivity (Wildman–Crippen MR) is 70.4 cm³/mol. The lowest BCUT2D eigenvalue weighted by Gasteiger charge is -2.06. The number of aromatic nitrogens is 1. The first kappa shape index (κ1) is 15.0. The highest BCUT2D eigenvalue weighted by Gasteiger charge is 2.20. The summed E-state index contributed by atoms with van der Waals surface area (Å²) in [6, 6.07) is 1.45. The summed E-state index contributed by atoms with van der Waals surface area (Å²) in [7, 11) is 0. The van der Waals surface area contributed by atoms with Crippen molar-refractivity contribution >= 4 is 34.0 Å². The molecule has 9 heteroatoms. The molecule has 5 nitrogen and oxygen atoms in total. The van der Waals surface area contributed by atoms with Crippen LogP contribution in [0.1, 0.15) is 5.69 Å². The van der Waals surface area contributed by atoms with Crippen LogP contribution < -0.4 is 10.6 Å². The smallest absolute Gasteiger partial charge is 0.315 e. The van der Waals surface area contributed by atoms with Crippen LogP contribution in [-0.4, -0.2) is 16.8 Å². The highest BCUT2D eigenvalue weighted by atomic mass is 32.1. The quantitative estimate of drug-likeness (QED) is 0.660. The van der Waals surface area contributed by atoms with Gasteiger partial charge in [0.15, 0.2) is 22.6 Å². The van der Waals surface area contributed by atoms with Crippen molar-refractivity contribution in [1.29, 1.82) is 0 Å². The fourth-order valence-corrected chi connectivity index (χ4v) is 2.05. The summed E-state index contributed by atoms with van der Waals surface area (Å²) in [6.07, 6.45) is 0. The van der Waals surface area contributed by atoms with Crippen molar-refractivity contribution < 1.29 is 22.8 Å². The summed E-state index contributed by atoms with van der Waals surface area (Å²) in [5.74, 6) is -7.04. The highest BCUT2D eigenvalue weighted by Crippen LogP contribution is 2.20. The Morgan fingerprint density at radius 1 is 1.10 bits per heavy atom. The molecule has 2 N–H and O–H groups in total. The first-order valence-electron chi connectivity index (χ1n) is 5.56. The maximum atomic E-state index is 13.3. The molecule has 0 aliphatic carbocycles. The van der Waals surface area contributed by atoms with Gasteiger partial charge in [-0.15, -0.1) is 11.3 Å². The van der Waals surface area contributed by atoms with Gasteiger partial charge in [0.2, 0.25) is 0 Å². The molecule has 0 saturated carbocycles. The molecule has 0 bridgehead atoms. The molecule has 2 amide bonds. The van der Waals surface area contributed by atoms with E-state index in [1.54, 1.807) is 12.3 Å². The third kappa shape index (κ3) is 3.37. The number of amides is 2. The van der Waals surface area contributed by atoms with Gasteiger partial charge >= 0.3 is 11.8 Å². The minimum atomic E-state index is -1.73. The fraction of sp³-hybridized carbons (Fsp3) is 0.0833. The second-order valence-electron chi connectivity index (χ2n) is 3.93. The van der Waals surface area contributed by atoms with Gasteiger partial charge in [0.05, 0.1) is 11.4 Å².